The molecule has 0 bridgehead atoms. The Labute approximate surface area is 108 Å². The van der Waals surface area contributed by atoms with Gasteiger partial charge in [-0.1, -0.05) is 22.4 Å². The lowest BCUT2D eigenvalue weighted by atomic mass is 9.70. The Bertz CT molecular complexity index is 212. The van der Waals surface area contributed by atoms with Crippen LogP contribution in [-0.4, -0.2) is 54.9 Å². The Kier molecular flexibility index (Phi) is 4.31. The first kappa shape index (κ1) is 12.8. The minimum Gasteiger partial charge on any atom is -0.306 e. The van der Waals surface area contributed by atoms with Gasteiger partial charge in [-0.05, 0) is 58.3 Å². The molecule has 16 heavy (non-hydrogen) atoms. The summed E-state index contributed by atoms with van der Waals surface area (Å²) in [6.07, 6.45) is 7.02. The van der Waals surface area contributed by atoms with E-state index in [1.165, 1.54) is 57.1 Å². The summed E-state index contributed by atoms with van der Waals surface area (Å²) in [6.45, 7) is 3.94. The summed E-state index contributed by atoms with van der Waals surface area (Å²) in [7, 11) is 4.43. The molecule has 0 unspecified atom stereocenters. The number of hydrogen-bond acceptors (Lipinski definition) is 2. The fourth-order valence-corrected chi connectivity index (χ4v) is 3.82. The molecule has 0 aromatic heterocycles. The van der Waals surface area contributed by atoms with Gasteiger partial charge in [0.1, 0.15) is 0 Å². The third kappa shape index (κ3) is 2.80. The van der Waals surface area contributed by atoms with E-state index in [9.17, 15) is 0 Å². The van der Waals surface area contributed by atoms with Crippen LogP contribution in [-0.2, 0) is 0 Å². The van der Waals surface area contributed by atoms with Crippen LogP contribution in [0.4, 0.5) is 0 Å². The van der Waals surface area contributed by atoms with Crippen LogP contribution >= 0.6 is 15.9 Å². The molecule has 1 saturated carbocycles. The molecule has 1 heterocycles. The SMILES string of the molecule is CN(C)C1CCN(CC2(CBr)CCC2)CC1. The molecule has 1 saturated heterocycles. The van der Waals surface area contributed by atoms with Crippen LogP contribution in [0.3, 0.4) is 0 Å². The van der Waals surface area contributed by atoms with Gasteiger partial charge in [0.2, 0.25) is 0 Å². The van der Waals surface area contributed by atoms with Gasteiger partial charge in [-0.3, -0.25) is 0 Å². The Morgan fingerprint density at radius 3 is 2.25 bits per heavy atom. The molecule has 0 radical (unpaired) electrons. The van der Waals surface area contributed by atoms with Crippen molar-refractivity contribution in [3.05, 3.63) is 0 Å². The smallest absolute Gasteiger partial charge is 0.0113 e. The van der Waals surface area contributed by atoms with Crippen LogP contribution in [0.25, 0.3) is 0 Å². The number of alkyl halides is 1. The summed E-state index contributed by atoms with van der Waals surface area (Å²) in [5.74, 6) is 0. The molecular weight excluding hydrogens is 264 g/mol. The highest BCUT2D eigenvalue weighted by Gasteiger charge is 2.38. The predicted molar refractivity (Wildman–Crippen MR) is 73.2 cm³/mol. The zero-order chi connectivity index (χ0) is 11.6. The van der Waals surface area contributed by atoms with Gasteiger partial charge in [-0.2, -0.15) is 0 Å². The fraction of sp³-hybridized carbons (Fsp3) is 1.00. The van der Waals surface area contributed by atoms with E-state index in [2.05, 4.69) is 39.8 Å². The van der Waals surface area contributed by atoms with E-state index >= 15 is 0 Å². The average molecular weight is 289 g/mol. The molecule has 2 rings (SSSR count). The van der Waals surface area contributed by atoms with E-state index in [-0.39, 0.29) is 0 Å². The molecule has 3 heteroatoms. The van der Waals surface area contributed by atoms with Crippen LogP contribution in [0, 0.1) is 5.41 Å². The lowest BCUT2D eigenvalue weighted by molar-refractivity contribution is 0.0610. The molecule has 0 aromatic rings. The van der Waals surface area contributed by atoms with Crippen molar-refractivity contribution in [3.63, 3.8) is 0 Å². The minimum atomic E-state index is 0.630. The van der Waals surface area contributed by atoms with Crippen LogP contribution < -0.4 is 0 Å². The van der Waals surface area contributed by atoms with Crippen molar-refractivity contribution < 1.29 is 0 Å². The highest BCUT2D eigenvalue weighted by molar-refractivity contribution is 9.09. The number of halogens is 1. The van der Waals surface area contributed by atoms with Gasteiger partial charge in [0.25, 0.3) is 0 Å². The van der Waals surface area contributed by atoms with Gasteiger partial charge < -0.3 is 9.80 Å². The number of hydrogen-bond donors (Lipinski definition) is 0. The van der Waals surface area contributed by atoms with E-state index < -0.39 is 0 Å². The zero-order valence-corrected chi connectivity index (χ0v) is 12.3. The fourth-order valence-electron chi connectivity index (χ4n) is 3.08. The Morgan fingerprint density at radius 2 is 1.88 bits per heavy atom. The molecule has 2 fully saturated rings. The predicted octanol–water partition coefficient (Wildman–Crippen LogP) is 2.58. The lowest BCUT2D eigenvalue weighted by Crippen LogP contribution is -2.48. The molecule has 1 aliphatic heterocycles. The second-order valence-electron chi connectivity index (χ2n) is 5.96. The van der Waals surface area contributed by atoms with Gasteiger partial charge in [0.15, 0.2) is 0 Å². The number of nitrogens with zero attached hydrogens (tertiary/aromatic N) is 2. The van der Waals surface area contributed by atoms with Crippen LogP contribution in [0.2, 0.25) is 0 Å². The van der Waals surface area contributed by atoms with E-state index in [4.69, 9.17) is 0 Å². The third-order valence-corrected chi connectivity index (χ3v) is 5.73. The topological polar surface area (TPSA) is 6.48 Å². The highest BCUT2D eigenvalue weighted by atomic mass is 79.9. The summed E-state index contributed by atoms with van der Waals surface area (Å²) in [4.78, 5) is 5.08. The van der Waals surface area contributed by atoms with Gasteiger partial charge in [-0.25, -0.2) is 0 Å². The van der Waals surface area contributed by atoms with E-state index in [0.29, 0.717) is 5.41 Å². The average Bonchev–Trinajstić information content (AvgIpc) is 2.24. The monoisotopic (exact) mass is 288 g/mol. The second-order valence-corrected chi connectivity index (χ2v) is 6.52. The van der Waals surface area contributed by atoms with E-state index in [1.807, 2.05) is 0 Å². The minimum absolute atomic E-state index is 0.630. The lowest BCUT2D eigenvalue weighted by Gasteiger charge is -2.46. The highest BCUT2D eigenvalue weighted by Crippen LogP contribution is 2.43. The molecule has 0 spiro atoms. The van der Waals surface area contributed by atoms with Crippen LogP contribution in [0.1, 0.15) is 32.1 Å². The van der Waals surface area contributed by atoms with Gasteiger partial charge in [-0.15, -0.1) is 0 Å². The number of likely N-dealkylation sites (tertiary alicyclic amines) is 1. The molecule has 0 amide bonds. The maximum absolute atomic E-state index is 3.71. The van der Waals surface area contributed by atoms with Crippen molar-refractivity contribution in [2.45, 2.75) is 38.1 Å². The molecular formula is C13H25BrN2. The summed E-state index contributed by atoms with van der Waals surface area (Å²) < 4.78 is 0. The first-order chi connectivity index (χ1) is 7.65. The molecule has 2 aliphatic rings. The number of piperidine rings is 1. The normalized spacial score (nSPS) is 27.0. The van der Waals surface area contributed by atoms with E-state index in [0.717, 1.165) is 6.04 Å². The quantitative estimate of drug-likeness (QED) is 0.734. The molecule has 0 atom stereocenters. The molecule has 1 aliphatic carbocycles. The summed E-state index contributed by atoms with van der Waals surface area (Å²) in [5, 5.41) is 1.20. The first-order valence-corrected chi connectivity index (χ1v) is 7.72. The largest absolute Gasteiger partial charge is 0.306 e. The summed E-state index contributed by atoms with van der Waals surface area (Å²) >= 11 is 3.71. The summed E-state index contributed by atoms with van der Waals surface area (Å²) in [6, 6.07) is 0.817. The van der Waals surface area contributed by atoms with Crippen molar-refractivity contribution >= 4 is 15.9 Å². The van der Waals surface area contributed by atoms with E-state index in [1.54, 1.807) is 0 Å². The Hall–Kier alpha value is 0.400. The first-order valence-electron chi connectivity index (χ1n) is 6.60. The van der Waals surface area contributed by atoms with Crippen molar-refractivity contribution in [3.8, 4) is 0 Å². The molecule has 0 aromatic carbocycles. The van der Waals surface area contributed by atoms with Crippen molar-refractivity contribution in [2.24, 2.45) is 5.41 Å². The third-order valence-electron chi connectivity index (χ3n) is 4.54. The van der Waals surface area contributed by atoms with Crippen molar-refractivity contribution in [1.29, 1.82) is 0 Å². The van der Waals surface area contributed by atoms with Gasteiger partial charge in [0.05, 0.1) is 0 Å². The van der Waals surface area contributed by atoms with Crippen molar-refractivity contribution in [1.82, 2.24) is 9.80 Å². The van der Waals surface area contributed by atoms with Gasteiger partial charge in [0, 0.05) is 17.9 Å². The Balaban J connectivity index is 1.76. The standard InChI is InChI=1S/C13H25BrN2/c1-15(2)12-4-8-16(9-5-12)11-13(10-14)6-3-7-13/h12H,3-11H2,1-2H3. The maximum Gasteiger partial charge on any atom is 0.0113 e. The summed E-state index contributed by atoms with van der Waals surface area (Å²) in [5.41, 5.74) is 0.630. The molecule has 2 nitrogen and oxygen atoms in total. The molecule has 94 valence electrons. The van der Waals surface area contributed by atoms with Gasteiger partial charge >= 0.3 is 0 Å². The van der Waals surface area contributed by atoms with Crippen LogP contribution in [0.5, 0.6) is 0 Å². The Morgan fingerprint density at radius 1 is 1.25 bits per heavy atom. The second kappa shape index (κ2) is 5.36. The zero-order valence-electron chi connectivity index (χ0n) is 10.7. The van der Waals surface area contributed by atoms with Crippen molar-refractivity contribution in [2.75, 3.05) is 39.1 Å². The maximum atomic E-state index is 3.71. The van der Waals surface area contributed by atoms with Crippen LogP contribution in [0.15, 0.2) is 0 Å². The molecule has 0 N–H and O–H groups in total. The number of rotatable bonds is 4.